The van der Waals surface area contributed by atoms with Crippen LogP contribution >= 0.6 is 11.6 Å². The van der Waals surface area contributed by atoms with E-state index in [4.69, 9.17) is 25.8 Å². The summed E-state index contributed by atoms with van der Waals surface area (Å²) < 4.78 is 15.2. The van der Waals surface area contributed by atoms with E-state index in [-0.39, 0.29) is 18.1 Å². The minimum Gasteiger partial charge on any atom is -0.493 e. The first-order valence-electron chi connectivity index (χ1n) is 7.23. The van der Waals surface area contributed by atoms with Crippen molar-refractivity contribution in [3.63, 3.8) is 0 Å². The Balaban J connectivity index is 2.67. The highest BCUT2D eigenvalue weighted by Crippen LogP contribution is 2.36. The molecule has 0 saturated heterocycles. The standard InChI is InChI=1S/C17H22ClNO5/c1-17(2,3)19-14(20)10-24-15(21)7-6-11-8-12(18)16(23-5)13(9-11)22-4/h6-9H,10H2,1-5H3,(H,19,20)/b7-6+. The average molecular weight is 356 g/mol. The molecule has 0 radical (unpaired) electrons. The molecule has 1 rings (SSSR count). The van der Waals surface area contributed by atoms with Crippen LogP contribution in [0.25, 0.3) is 6.08 Å². The van der Waals surface area contributed by atoms with E-state index in [0.29, 0.717) is 22.1 Å². The lowest BCUT2D eigenvalue weighted by molar-refractivity contribution is -0.144. The third-order valence-electron chi connectivity index (χ3n) is 2.73. The van der Waals surface area contributed by atoms with Crippen LogP contribution in [0.4, 0.5) is 0 Å². The molecule has 0 atom stereocenters. The monoisotopic (exact) mass is 355 g/mol. The van der Waals surface area contributed by atoms with E-state index in [1.165, 1.54) is 26.4 Å². The van der Waals surface area contributed by atoms with Crippen LogP contribution in [-0.2, 0) is 14.3 Å². The number of carbonyl (C=O) groups is 2. The van der Waals surface area contributed by atoms with Crippen molar-refractivity contribution in [3.05, 3.63) is 28.8 Å². The molecule has 0 heterocycles. The Labute approximate surface area is 146 Å². The lowest BCUT2D eigenvalue weighted by Gasteiger charge is -2.20. The lowest BCUT2D eigenvalue weighted by Crippen LogP contribution is -2.42. The van der Waals surface area contributed by atoms with Crippen molar-refractivity contribution in [1.29, 1.82) is 0 Å². The first-order valence-corrected chi connectivity index (χ1v) is 7.61. The van der Waals surface area contributed by atoms with Gasteiger partial charge in [-0.1, -0.05) is 11.6 Å². The van der Waals surface area contributed by atoms with Crippen molar-refractivity contribution in [2.75, 3.05) is 20.8 Å². The van der Waals surface area contributed by atoms with Gasteiger partial charge >= 0.3 is 5.97 Å². The summed E-state index contributed by atoms with van der Waals surface area (Å²) >= 11 is 6.08. The molecule has 6 nitrogen and oxygen atoms in total. The topological polar surface area (TPSA) is 73.9 Å². The molecule has 1 N–H and O–H groups in total. The Morgan fingerprint density at radius 3 is 2.42 bits per heavy atom. The Morgan fingerprint density at radius 1 is 1.21 bits per heavy atom. The summed E-state index contributed by atoms with van der Waals surface area (Å²) in [5, 5.41) is 3.05. The maximum absolute atomic E-state index is 11.7. The third kappa shape index (κ3) is 6.50. The van der Waals surface area contributed by atoms with Gasteiger partial charge in [-0.3, -0.25) is 4.79 Å². The number of rotatable bonds is 6. The summed E-state index contributed by atoms with van der Waals surface area (Å²) in [6.45, 7) is 5.18. The zero-order valence-electron chi connectivity index (χ0n) is 14.4. The molecule has 0 aliphatic heterocycles. The summed E-state index contributed by atoms with van der Waals surface area (Å²) in [6.07, 6.45) is 2.72. The zero-order chi connectivity index (χ0) is 18.3. The van der Waals surface area contributed by atoms with Crippen LogP contribution in [0.1, 0.15) is 26.3 Å². The van der Waals surface area contributed by atoms with E-state index in [1.54, 1.807) is 12.1 Å². The van der Waals surface area contributed by atoms with Crippen molar-refractivity contribution < 1.29 is 23.8 Å². The van der Waals surface area contributed by atoms with E-state index in [0.717, 1.165) is 0 Å². The van der Waals surface area contributed by atoms with Crippen molar-refractivity contribution in [2.24, 2.45) is 0 Å². The van der Waals surface area contributed by atoms with E-state index < -0.39 is 5.97 Å². The van der Waals surface area contributed by atoms with E-state index in [1.807, 2.05) is 20.8 Å². The molecule has 0 unspecified atom stereocenters. The molecule has 7 heteroatoms. The van der Waals surface area contributed by atoms with E-state index >= 15 is 0 Å². The smallest absolute Gasteiger partial charge is 0.331 e. The molecule has 0 aromatic heterocycles. The second-order valence-electron chi connectivity index (χ2n) is 5.98. The van der Waals surface area contributed by atoms with Gasteiger partial charge in [0.2, 0.25) is 0 Å². The SMILES string of the molecule is COc1cc(/C=C/C(=O)OCC(=O)NC(C)(C)C)cc(Cl)c1OC. The van der Waals surface area contributed by atoms with Gasteiger partial charge in [-0.05, 0) is 44.5 Å². The second-order valence-corrected chi connectivity index (χ2v) is 6.38. The second kappa shape index (κ2) is 8.59. The number of amides is 1. The predicted octanol–water partition coefficient (Wildman–Crippen LogP) is 2.83. The van der Waals surface area contributed by atoms with Crippen LogP contribution in [0.15, 0.2) is 18.2 Å². The number of nitrogens with one attached hydrogen (secondary N) is 1. The predicted molar refractivity (Wildman–Crippen MR) is 92.4 cm³/mol. The maximum atomic E-state index is 11.7. The molecule has 1 aromatic rings. The summed E-state index contributed by atoms with van der Waals surface area (Å²) in [6, 6.07) is 3.29. The zero-order valence-corrected chi connectivity index (χ0v) is 15.2. The van der Waals surface area contributed by atoms with E-state index in [9.17, 15) is 9.59 Å². The first kappa shape index (κ1) is 19.8. The molecule has 24 heavy (non-hydrogen) atoms. The number of hydrogen-bond acceptors (Lipinski definition) is 5. The summed E-state index contributed by atoms with van der Waals surface area (Å²) in [5.74, 6) is -0.135. The largest absolute Gasteiger partial charge is 0.493 e. The number of benzene rings is 1. The van der Waals surface area contributed by atoms with Crippen LogP contribution in [0.5, 0.6) is 11.5 Å². The highest BCUT2D eigenvalue weighted by atomic mass is 35.5. The molecular weight excluding hydrogens is 334 g/mol. The van der Waals surface area contributed by atoms with Crippen LogP contribution in [-0.4, -0.2) is 38.2 Å². The molecular formula is C17H22ClNO5. The minimum absolute atomic E-state index is 0.340. The highest BCUT2D eigenvalue weighted by Gasteiger charge is 2.14. The Hall–Kier alpha value is -2.21. The van der Waals surface area contributed by atoms with Gasteiger partial charge in [-0.25, -0.2) is 4.79 Å². The average Bonchev–Trinajstić information content (AvgIpc) is 2.48. The Morgan fingerprint density at radius 2 is 1.88 bits per heavy atom. The molecule has 0 bridgehead atoms. The molecule has 132 valence electrons. The van der Waals surface area contributed by atoms with Crippen molar-refractivity contribution in [2.45, 2.75) is 26.3 Å². The van der Waals surface area contributed by atoms with Gasteiger partial charge in [0.05, 0.1) is 19.2 Å². The van der Waals surface area contributed by atoms with Crippen molar-refractivity contribution in [3.8, 4) is 11.5 Å². The molecule has 1 aromatic carbocycles. The van der Waals surface area contributed by atoms with Crippen LogP contribution in [0.2, 0.25) is 5.02 Å². The van der Waals surface area contributed by atoms with Crippen molar-refractivity contribution in [1.82, 2.24) is 5.32 Å². The highest BCUT2D eigenvalue weighted by molar-refractivity contribution is 6.32. The van der Waals surface area contributed by atoms with Gasteiger partial charge < -0.3 is 19.5 Å². The normalized spacial score (nSPS) is 11.2. The summed E-state index contributed by atoms with van der Waals surface area (Å²) in [5.41, 5.74) is 0.254. The molecule has 0 aliphatic rings. The fraction of sp³-hybridized carbons (Fsp3) is 0.412. The number of carbonyl (C=O) groups excluding carboxylic acids is 2. The third-order valence-corrected chi connectivity index (χ3v) is 3.01. The first-order chi connectivity index (χ1) is 11.2. The van der Waals surface area contributed by atoms with Gasteiger partial charge in [-0.2, -0.15) is 0 Å². The van der Waals surface area contributed by atoms with Gasteiger partial charge in [0.25, 0.3) is 5.91 Å². The quantitative estimate of drug-likeness (QED) is 0.627. The number of esters is 1. The molecule has 0 fully saturated rings. The summed E-state index contributed by atoms with van der Waals surface area (Å²) in [7, 11) is 2.98. The molecule has 1 amide bonds. The molecule has 0 spiro atoms. The van der Waals surface area contributed by atoms with E-state index in [2.05, 4.69) is 5.32 Å². The fourth-order valence-corrected chi connectivity index (χ4v) is 2.13. The van der Waals surface area contributed by atoms with Crippen LogP contribution < -0.4 is 14.8 Å². The minimum atomic E-state index is -0.634. The number of hydrogen-bond donors (Lipinski definition) is 1. The molecule has 0 aliphatic carbocycles. The summed E-state index contributed by atoms with van der Waals surface area (Å²) in [4.78, 5) is 23.2. The van der Waals surface area contributed by atoms with Crippen LogP contribution in [0, 0.1) is 0 Å². The van der Waals surface area contributed by atoms with Crippen LogP contribution in [0.3, 0.4) is 0 Å². The number of methoxy groups -OCH3 is 2. The fourth-order valence-electron chi connectivity index (χ4n) is 1.84. The Kier molecular flexibility index (Phi) is 7.10. The lowest BCUT2D eigenvalue weighted by atomic mass is 10.1. The number of halogens is 1. The van der Waals surface area contributed by atoms with Gasteiger partial charge in [0.15, 0.2) is 18.1 Å². The molecule has 0 saturated carbocycles. The van der Waals surface area contributed by atoms with Gasteiger partial charge in [-0.15, -0.1) is 0 Å². The van der Waals surface area contributed by atoms with Crippen molar-refractivity contribution >= 4 is 29.6 Å². The van der Waals surface area contributed by atoms with Gasteiger partial charge in [0, 0.05) is 11.6 Å². The number of ether oxygens (including phenoxy) is 3. The van der Waals surface area contributed by atoms with Gasteiger partial charge in [0.1, 0.15) is 0 Å². The maximum Gasteiger partial charge on any atom is 0.331 e. The Bertz CT molecular complexity index is 635.